The first kappa shape index (κ1) is 33.8. The first-order valence-electron chi connectivity index (χ1n) is 19.7. The van der Waals surface area contributed by atoms with Crippen molar-refractivity contribution in [2.45, 2.75) is 19.3 Å². The van der Waals surface area contributed by atoms with Crippen molar-refractivity contribution in [2.24, 2.45) is 0 Å². The van der Waals surface area contributed by atoms with E-state index in [2.05, 4.69) is 105 Å². The molecule has 4 heterocycles. The molecule has 11 aromatic rings. The van der Waals surface area contributed by atoms with E-state index in [1.54, 1.807) is 11.3 Å². The molecule has 0 bridgehead atoms. The van der Waals surface area contributed by atoms with Gasteiger partial charge in [-0.05, 0) is 52.6 Å². The van der Waals surface area contributed by atoms with E-state index in [1.165, 1.54) is 27.0 Å². The maximum Gasteiger partial charge on any atom is 0.164 e. The maximum absolute atomic E-state index is 6.64. The SMILES string of the molecule is CC1(C)c2ccccc2-c2ccc(-c3nc(-c4ccc5c(c4)oc4cccc(-c6nc(-c7ccccc7)nc(-c7ccccc7)n6)c45)nc4c3sc3ccccc34)cc21. The average Bonchev–Trinajstić information content (AvgIpc) is 3.93. The molecule has 1 aliphatic carbocycles. The molecule has 6 nitrogen and oxygen atoms in total. The molecule has 0 aliphatic heterocycles. The van der Waals surface area contributed by atoms with E-state index in [9.17, 15) is 0 Å². The van der Waals surface area contributed by atoms with Crippen LogP contribution in [0.2, 0.25) is 0 Å². The van der Waals surface area contributed by atoms with E-state index in [1.807, 2.05) is 72.8 Å². The van der Waals surface area contributed by atoms with E-state index in [4.69, 9.17) is 29.3 Å². The van der Waals surface area contributed by atoms with Crippen molar-refractivity contribution >= 4 is 53.6 Å². The van der Waals surface area contributed by atoms with Crippen molar-refractivity contribution in [1.82, 2.24) is 24.9 Å². The van der Waals surface area contributed by atoms with Crippen molar-refractivity contribution in [2.75, 3.05) is 0 Å². The van der Waals surface area contributed by atoms with Crippen LogP contribution in [0.3, 0.4) is 0 Å². The summed E-state index contributed by atoms with van der Waals surface area (Å²) in [4.78, 5) is 25.7. The monoisotopic (exact) mass is 775 g/mol. The van der Waals surface area contributed by atoms with Crippen molar-refractivity contribution in [3.8, 4) is 67.9 Å². The molecule has 7 heteroatoms. The third kappa shape index (κ3) is 5.28. The Morgan fingerprint density at radius 2 is 1.08 bits per heavy atom. The van der Waals surface area contributed by atoms with Crippen LogP contribution in [0.25, 0.3) is 110 Å². The second-order valence-electron chi connectivity index (χ2n) is 15.6. The second kappa shape index (κ2) is 12.8. The molecule has 0 radical (unpaired) electrons. The van der Waals surface area contributed by atoms with Gasteiger partial charge in [0, 0.05) is 54.1 Å². The van der Waals surface area contributed by atoms with Crippen LogP contribution >= 0.6 is 11.3 Å². The molecular formula is C52H33N5OS. The number of benzene rings is 7. The maximum atomic E-state index is 6.64. The van der Waals surface area contributed by atoms with Crippen LogP contribution in [0, 0.1) is 0 Å². The Morgan fingerprint density at radius 3 is 1.88 bits per heavy atom. The van der Waals surface area contributed by atoms with Gasteiger partial charge in [0.05, 0.1) is 15.9 Å². The standard InChI is InChI=1S/C52H33N5OS/c1-52(2)39-21-11-9-18-34(39)35-26-24-32(28-40(35)52)45-47-46(37-19-10-12-23-43(37)59-47)54-50(53-45)33-25-27-36-42(29-33)58-41-22-13-20-38(44(36)41)51-56-48(30-14-5-3-6-15-30)55-49(57-51)31-16-7-4-8-17-31/h3-29H,1-2H3. The fourth-order valence-electron chi connectivity index (χ4n) is 8.85. The van der Waals surface area contributed by atoms with Crippen LogP contribution in [0.15, 0.2) is 168 Å². The molecule has 4 aromatic heterocycles. The minimum Gasteiger partial charge on any atom is -0.456 e. The highest BCUT2D eigenvalue weighted by Crippen LogP contribution is 2.50. The van der Waals surface area contributed by atoms with Crippen LogP contribution in [0.5, 0.6) is 0 Å². The topological polar surface area (TPSA) is 77.6 Å². The van der Waals surface area contributed by atoms with Gasteiger partial charge in [-0.25, -0.2) is 24.9 Å². The number of hydrogen-bond donors (Lipinski definition) is 0. The highest BCUT2D eigenvalue weighted by atomic mass is 32.1. The van der Waals surface area contributed by atoms with Gasteiger partial charge in [-0.15, -0.1) is 11.3 Å². The van der Waals surface area contributed by atoms with Crippen molar-refractivity contribution in [1.29, 1.82) is 0 Å². The van der Waals surface area contributed by atoms with Gasteiger partial charge in [0.1, 0.15) is 11.2 Å². The van der Waals surface area contributed by atoms with E-state index >= 15 is 0 Å². The molecule has 7 aromatic carbocycles. The number of rotatable bonds is 5. The molecule has 0 spiro atoms. The minimum absolute atomic E-state index is 0.129. The Balaban J connectivity index is 1.02. The van der Waals surface area contributed by atoms with Crippen LogP contribution in [-0.4, -0.2) is 24.9 Å². The lowest BCUT2D eigenvalue weighted by atomic mass is 9.82. The summed E-state index contributed by atoms with van der Waals surface area (Å²) < 4.78 is 8.92. The summed E-state index contributed by atoms with van der Waals surface area (Å²) in [6, 6.07) is 56.6. The van der Waals surface area contributed by atoms with Crippen LogP contribution in [-0.2, 0) is 5.41 Å². The molecule has 0 saturated heterocycles. The zero-order chi connectivity index (χ0) is 39.2. The molecule has 1 aliphatic rings. The zero-order valence-corrected chi connectivity index (χ0v) is 33.0. The highest BCUT2D eigenvalue weighted by Gasteiger charge is 2.35. The summed E-state index contributed by atoms with van der Waals surface area (Å²) in [5, 5.41) is 3.04. The smallest absolute Gasteiger partial charge is 0.164 e. The second-order valence-corrected chi connectivity index (χ2v) is 16.7. The zero-order valence-electron chi connectivity index (χ0n) is 32.1. The Morgan fingerprint density at radius 1 is 0.441 bits per heavy atom. The summed E-state index contributed by atoms with van der Waals surface area (Å²) in [6.07, 6.45) is 0. The Bertz CT molecular complexity index is 3420. The van der Waals surface area contributed by atoms with Gasteiger partial charge in [-0.3, -0.25) is 0 Å². The number of aromatic nitrogens is 5. The van der Waals surface area contributed by atoms with E-state index < -0.39 is 0 Å². The summed E-state index contributed by atoms with van der Waals surface area (Å²) in [7, 11) is 0. The largest absolute Gasteiger partial charge is 0.456 e. The van der Waals surface area contributed by atoms with Gasteiger partial charge in [0.25, 0.3) is 0 Å². The van der Waals surface area contributed by atoms with Gasteiger partial charge >= 0.3 is 0 Å². The lowest BCUT2D eigenvalue weighted by Crippen LogP contribution is -2.14. The number of hydrogen-bond acceptors (Lipinski definition) is 7. The first-order chi connectivity index (χ1) is 29.0. The summed E-state index contributed by atoms with van der Waals surface area (Å²) in [5.41, 5.74) is 13.2. The fourth-order valence-corrected chi connectivity index (χ4v) is 10.0. The summed E-state index contributed by atoms with van der Waals surface area (Å²) >= 11 is 1.75. The first-order valence-corrected chi connectivity index (χ1v) is 20.6. The van der Waals surface area contributed by atoms with Crippen molar-refractivity contribution < 1.29 is 4.42 Å². The molecule has 0 saturated carbocycles. The van der Waals surface area contributed by atoms with Gasteiger partial charge in [-0.1, -0.05) is 147 Å². The molecule has 0 amide bonds. The molecule has 0 fully saturated rings. The molecule has 0 N–H and O–H groups in total. The molecular weight excluding hydrogens is 743 g/mol. The Labute approximate surface area is 343 Å². The average molecular weight is 776 g/mol. The van der Waals surface area contributed by atoms with E-state index in [0.717, 1.165) is 71.1 Å². The lowest BCUT2D eigenvalue weighted by Gasteiger charge is -2.22. The summed E-state index contributed by atoms with van der Waals surface area (Å²) in [5.74, 6) is 2.46. The van der Waals surface area contributed by atoms with Gasteiger partial charge in [-0.2, -0.15) is 0 Å². The Kier molecular flexibility index (Phi) is 7.34. The number of thiophene rings is 1. The van der Waals surface area contributed by atoms with Crippen LogP contribution in [0.4, 0.5) is 0 Å². The number of fused-ring (bicyclic) bond motifs is 9. The van der Waals surface area contributed by atoms with E-state index in [-0.39, 0.29) is 5.41 Å². The molecule has 59 heavy (non-hydrogen) atoms. The molecule has 0 atom stereocenters. The third-order valence-electron chi connectivity index (χ3n) is 11.8. The summed E-state index contributed by atoms with van der Waals surface area (Å²) in [6.45, 7) is 4.64. The quantitative estimate of drug-likeness (QED) is 0.173. The number of nitrogens with zero attached hydrogens (tertiary/aromatic N) is 5. The van der Waals surface area contributed by atoms with Gasteiger partial charge in [0.15, 0.2) is 23.3 Å². The molecule has 278 valence electrons. The van der Waals surface area contributed by atoms with Gasteiger partial charge in [0.2, 0.25) is 0 Å². The predicted molar refractivity (Wildman–Crippen MR) is 240 cm³/mol. The van der Waals surface area contributed by atoms with Gasteiger partial charge < -0.3 is 4.42 Å². The van der Waals surface area contributed by atoms with Crippen LogP contribution in [0.1, 0.15) is 25.0 Å². The third-order valence-corrected chi connectivity index (χ3v) is 12.9. The molecule has 12 rings (SSSR count). The Hall–Kier alpha value is -7.35. The number of furan rings is 1. The normalized spacial score (nSPS) is 13.1. The lowest BCUT2D eigenvalue weighted by molar-refractivity contribution is 0.660. The van der Waals surface area contributed by atoms with Crippen molar-refractivity contribution in [3.63, 3.8) is 0 Å². The van der Waals surface area contributed by atoms with Crippen molar-refractivity contribution in [3.05, 3.63) is 175 Å². The highest BCUT2D eigenvalue weighted by molar-refractivity contribution is 7.26. The van der Waals surface area contributed by atoms with Crippen LogP contribution < -0.4 is 0 Å². The van der Waals surface area contributed by atoms with E-state index in [0.29, 0.717) is 23.3 Å². The predicted octanol–water partition coefficient (Wildman–Crippen LogP) is 13.6. The molecule has 0 unspecified atom stereocenters. The fraction of sp³-hybridized carbons (Fsp3) is 0.0577. The minimum atomic E-state index is -0.129.